The van der Waals surface area contributed by atoms with Crippen LogP contribution in [0.15, 0.2) is 48.5 Å². The molecule has 2 nitrogen and oxygen atoms in total. The van der Waals surface area contributed by atoms with Gasteiger partial charge in [-0.15, -0.1) is 0 Å². The fraction of sp³-hybridized carbons (Fsp3) is 0.294. The third-order valence-electron chi connectivity index (χ3n) is 3.63. The van der Waals surface area contributed by atoms with Crippen LogP contribution >= 0.6 is 0 Å². The Morgan fingerprint density at radius 3 is 2.26 bits per heavy atom. The van der Waals surface area contributed by atoms with E-state index in [2.05, 4.69) is 74.3 Å². The summed E-state index contributed by atoms with van der Waals surface area (Å²) in [5, 5.41) is 0. The summed E-state index contributed by atoms with van der Waals surface area (Å²) in [5.41, 5.74) is 10.9. The number of hydrogen-bond donors (Lipinski definition) is 1. The average molecular weight is 254 g/mol. The normalized spacial score (nSPS) is 12.2. The van der Waals surface area contributed by atoms with Crippen LogP contribution in [0.3, 0.4) is 0 Å². The molecule has 2 N–H and O–H groups in total. The van der Waals surface area contributed by atoms with Crippen LogP contribution in [0.2, 0.25) is 0 Å². The van der Waals surface area contributed by atoms with Gasteiger partial charge in [0.25, 0.3) is 0 Å². The van der Waals surface area contributed by atoms with E-state index in [1.165, 1.54) is 22.5 Å². The van der Waals surface area contributed by atoms with Crippen molar-refractivity contribution in [1.82, 2.24) is 0 Å². The Morgan fingerprint density at radius 1 is 1.05 bits per heavy atom. The lowest BCUT2D eigenvalue weighted by Crippen LogP contribution is -2.12. The first-order chi connectivity index (χ1) is 9.13. The molecule has 0 spiro atoms. The van der Waals surface area contributed by atoms with Gasteiger partial charge in [-0.25, -0.2) is 0 Å². The van der Waals surface area contributed by atoms with Crippen molar-refractivity contribution in [2.45, 2.75) is 26.3 Å². The lowest BCUT2D eigenvalue weighted by atomic mass is 10.0. The number of nitrogens with two attached hydrogens (primary N) is 1. The third kappa shape index (κ3) is 2.96. The molecule has 0 unspecified atom stereocenters. The summed E-state index contributed by atoms with van der Waals surface area (Å²) in [6, 6.07) is 17.1. The van der Waals surface area contributed by atoms with Crippen molar-refractivity contribution in [2.24, 2.45) is 5.73 Å². The number of nitrogens with zero attached hydrogens (tertiary/aromatic N) is 1. The molecule has 2 rings (SSSR count). The number of aryl methyl sites for hydroxylation is 1. The SMILES string of the molecule is CC[C@@H](N)c1ccc(N(C)c2ccccc2C)cc1. The van der Waals surface area contributed by atoms with Crippen molar-refractivity contribution in [1.29, 1.82) is 0 Å². The minimum atomic E-state index is 0.137. The zero-order valence-electron chi connectivity index (χ0n) is 11.9. The Kier molecular flexibility index (Phi) is 4.23. The van der Waals surface area contributed by atoms with E-state index in [1.807, 2.05) is 0 Å². The molecule has 1 atom stereocenters. The van der Waals surface area contributed by atoms with Gasteiger partial charge in [0.2, 0.25) is 0 Å². The first kappa shape index (κ1) is 13.6. The lowest BCUT2D eigenvalue weighted by molar-refractivity contribution is 0.699. The van der Waals surface area contributed by atoms with Gasteiger partial charge in [0.15, 0.2) is 0 Å². The van der Waals surface area contributed by atoms with Gasteiger partial charge >= 0.3 is 0 Å². The third-order valence-corrected chi connectivity index (χ3v) is 3.63. The zero-order chi connectivity index (χ0) is 13.8. The van der Waals surface area contributed by atoms with Gasteiger partial charge in [-0.1, -0.05) is 37.3 Å². The maximum absolute atomic E-state index is 6.04. The van der Waals surface area contributed by atoms with E-state index in [0.717, 1.165) is 6.42 Å². The van der Waals surface area contributed by atoms with Crippen LogP contribution in [0.5, 0.6) is 0 Å². The van der Waals surface area contributed by atoms with Crippen molar-refractivity contribution in [3.63, 3.8) is 0 Å². The average Bonchev–Trinajstić information content (AvgIpc) is 2.46. The minimum absolute atomic E-state index is 0.137. The van der Waals surface area contributed by atoms with E-state index in [4.69, 9.17) is 5.73 Å². The molecular weight excluding hydrogens is 232 g/mol. The van der Waals surface area contributed by atoms with Crippen LogP contribution in [-0.2, 0) is 0 Å². The highest BCUT2D eigenvalue weighted by Gasteiger charge is 2.07. The number of hydrogen-bond acceptors (Lipinski definition) is 2. The van der Waals surface area contributed by atoms with Gasteiger partial charge in [0.05, 0.1) is 0 Å². The second kappa shape index (κ2) is 5.89. The van der Waals surface area contributed by atoms with Gasteiger partial charge in [-0.2, -0.15) is 0 Å². The van der Waals surface area contributed by atoms with Gasteiger partial charge in [-0.05, 0) is 42.7 Å². The van der Waals surface area contributed by atoms with Crippen LogP contribution in [0.25, 0.3) is 0 Å². The number of anilines is 2. The molecule has 0 heterocycles. The Balaban J connectivity index is 2.25. The van der Waals surface area contributed by atoms with E-state index < -0.39 is 0 Å². The van der Waals surface area contributed by atoms with E-state index in [0.29, 0.717) is 0 Å². The van der Waals surface area contributed by atoms with Gasteiger partial charge in [0, 0.05) is 24.5 Å². The standard InChI is InChI=1S/C17H22N2/c1-4-16(18)14-9-11-15(12-10-14)19(3)17-8-6-5-7-13(17)2/h5-12,16H,4,18H2,1-3H3/t16-/m1/s1. The summed E-state index contributed by atoms with van der Waals surface area (Å²) in [4.78, 5) is 2.20. The van der Waals surface area contributed by atoms with Crippen molar-refractivity contribution < 1.29 is 0 Å². The summed E-state index contributed by atoms with van der Waals surface area (Å²) < 4.78 is 0. The first-order valence-corrected chi connectivity index (χ1v) is 6.78. The molecule has 0 amide bonds. The molecule has 0 aromatic heterocycles. The van der Waals surface area contributed by atoms with Crippen LogP contribution in [0.1, 0.15) is 30.5 Å². The maximum atomic E-state index is 6.04. The largest absolute Gasteiger partial charge is 0.344 e. The molecule has 0 saturated heterocycles. The second-order valence-corrected chi connectivity index (χ2v) is 4.95. The Labute approximate surface area is 115 Å². The summed E-state index contributed by atoms with van der Waals surface area (Å²) in [6.45, 7) is 4.24. The summed E-state index contributed by atoms with van der Waals surface area (Å²) in [5.74, 6) is 0. The number of rotatable bonds is 4. The fourth-order valence-corrected chi connectivity index (χ4v) is 2.26. The molecule has 0 aliphatic carbocycles. The van der Waals surface area contributed by atoms with Crippen molar-refractivity contribution in [3.8, 4) is 0 Å². The molecule has 19 heavy (non-hydrogen) atoms. The molecule has 0 aliphatic rings. The van der Waals surface area contributed by atoms with Crippen molar-refractivity contribution >= 4 is 11.4 Å². The summed E-state index contributed by atoms with van der Waals surface area (Å²) >= 11 is 0. The summed E-state index contributed by atoms with van der Waals surface area (Å²) in [7, 11) is 2.09. The Morgan fingerprint density at radius 2 is 1.68 bits per heavy atom. The van der Waals surface area contributed by atoms with E-state index in [-0.39, 0.29) is 6.04 Å². The fourth-order valence-electron chi connectivity index (χ4n) is 2.26. The molecule has 0 radical (unpaired) electrons. The first-order valence-electron chi connectivity index (χ1n) is 6.78. The highest BCUT2D eigenvalue weighted by molar-refractivity contribution is 5.65. The van der Waals surface area contributed by atoms with E-state index in [9.17, 15) is 0 Å². The minimum Gasteiger partial charge on any atom is -0.344 e. The van der Waals surface area contributed by atoms with Crippen molar-refractivity contribution in [2.75, 3.05) is 11.9 Å². The maximum Gasteiger partial charge on any atom is 0.0437 e. The van der Waals surface area contributed by atoms with Crippen LogP contribution in [0.4, 0.5) is 11.4 Å². The molecular formula is C17H22N2. The second-order valence-electron chi connectivity index (χ2n) is 4.95. The number of benzene rings is 2. The van der Waals surface area contributed by atoms with Gasteiger partial charge in [-0.3, -0.25) is 0 Å². The zero-order valence-corrected chi connectivity index (χ0v) is 11.9. The van der Waals surface area contributed by atoms with Crippen LogP contribution in [0, 0.1) is 6.92 Å². The van der Waals surface area contributed by atoms with Crippen molar-refractivity contribution in [3.05, 3.63) is 59.7 Å². The number of para-hydroxylation sites is 1. The van der Waals surface area contributed by atoms with Gasteiger partial charge in [0.1, 0.15) is 0 Å². The van der Waals surface area contributed by atoms with Gasteiger partial charge < -0.3 is 10.6 Å². The molecule has 0 aliphatic heterocycles. The van der Waals surface area contributed by atoms with E-state index in [1.54, 1.807) is 0 Å². The molecule has 0 fully saturated rings. The summed E-state index contributed by atoms with van der Waals surface area (Å²) in [6.07, 6.45) is 0.965. The molecule has 2 aromatic rings. The molecule has 2 heteroatoms. The van der Waals surface area contributed by atoms with Crippen LogP contribution < -0.4 is 10.6 Å². The molecule has 0 bridgehead atoms. The predicted octanol–water partition coefficient (Wildman–Crippen LogP) is 4.17. The van der Waals surface area contributed by atoms with Crippen LogP contribution in [-0.4, -0.2) is 7.05 Å². The Hall–Kier alpha value is -1.80. The highest BCUT2D eigenvalue weighted by Crippen LogP contribution is 2.27. The smallest absolute Gasteiger partial charge is 0.0437 e. The topological polar surface area (TPSA) is 29.3 Å². The predicted molar refractivity (Wildman–Crippen MR) is 82.9 cm³/mol. The molecule has 100 valence electrons. The molecule has 0 saturated carbocycles. The lowest BCUT2D eigenvalue weighted by Gasteiger charge is -2.22. The highest BCUT2D eigenvalue weighted by atomic mass is 15.1. The quantitative estimate of drug-likeness (QED) is 0.887. The van der Waals surface area contributed by atoms with E-state index >= 15 is 0 Å². The monoisotopic (exact) mass is 254 g/mol. The molecule has 2 aromatic carbocycles. The Bertz CT molecular complexity index is 531.